The number of esters is 1. The lowest BCUT2D eigenvalue weighted by atomic mass is 9.99. The Kier molecular flexibility index (Phi) is 4.14. The number of rotatable bonds is 4. The Morgan fingerprint density at radius 2 is 2.25 bits per heavy atom. The first kappa shape index (κ1) is 12.2. The smallest absolute Gasteiger partial charge is 0.323 e. The SMILES string of the molecule is CCSC1CCC(N2CCC2C(=O)OC)C1. The molecule has 0 amide bonds. The molecule has 0 N–H and O–H groups in total. The van der Waals surface area contributed by atoms with E-state index < -0.39 is 0 Å². The molecule has 1 aliphatic heterocycles. The predicted octanol–water partition coefficient (Wildman–Crippen LogP) is 1.91. The quantitative estimate of drug-likeness (QED) is 0.705. The van der Waals surface area contributed by atoms with Crippen molar-refractivity contribution in [1.29, 1.82) is 0 Å². The molecule has 0 bridgehead atoms. The number of methoxy groups -OCH3 is 1. The largest absolute Gasteiger partial charge is 0.468 e. The minimum atomic E-state index is -0.0437. The Balaban J connectivity index is 1.83. The van der Waals surface area contributed by atoms with Crippen LogP contribution in [0.15, 0.2) is 0 Å². The maximum absolute atomic E-state index is 11.5. The second-order valence-corrected chi connectivity index (χ2v) is 6.19. The van der Waals surface area contributed by atoms with E-state index in [9.17, 15) is 4.79 Å². The third-order valence-corrected chi connectivity index (χ3v) is 5.00. The molecule has 2 aliphatic rings. The lowest BCUT2D eigenvalue weighted by Crippen LogP contribution is -2.56. The van der Waals surface area contributed by atoms with Crippen LogP contribution in [0, 0.1) is 0 Å². The van der Waals surface area contributed by atoms with Crippen molar-refractivity contribution in [2.45, 2.75) is 49.9 Å². The molecule has 92 valence electrons. The van der Waals surface area contributed by atoms with Gasteiger partial charge < -0.3 is 4.74 Å². The molecule has 2 fully saturated rings. The number of carbonyl (C=O) groups is 1. The van der Waals surface area contributed by atoms with Gasteiger partial charge in [-0.3, -0.25) is 9.69 Å². The fraction of sp³-hybridized carbons (Fsp3) is 0.917. The third kappa shape index (κ3) is 2.38. The molecule has 0 aromatic rings. The normalized spacial score (nSPS) is 34.8. The summed E-state index contributed by atoms with van der Waals surface area (Å²) in [5.74, 6) is 1.16. The Morgan fingerprint density at radius 1 is 1.44 bits per heavy atom. The molecule has 4 heteroatoms. The fourth-order valence-corrected chi connectivity index (χ4v) is 3.97. The summed E-state index contributed by atoms with van der Waals surface area (Å²) < 4.78 is 4.83. The Morgan fingerprint density at radius 3 is 2.81 bits per heavy atom. The molecule has 1 heterocycles. The summed E-state index contributed by atoms with van der Waals surface area (Å²) >= 11 is 2.07. The van der Waals surface area contributed by atoms with Gasteiger partial charge in [0.15, 0.2) is 0 Å². The minimum Gasteiger partial charge on any atom is -0.468 e. The van der Waals surface area contributed by atoms with E-state index >= 15 is 0 Å². The third-order valence-electron chi connectivity index (χ3n) is 3.76. The lowest BCUT2D eigenvalue weighted by Gasteiger charge is -2.43. The highest BCUT2D eigenvalue weighted by Gasteiger charge is 2.41. The molecule has 0 radical (unpaired) electrons. The molecule has 1 aliphatic carbocycles. The minimum absolute atomic E-state index is 0.0437. The maximum Gasteiger partial charge on any atom is 0.323 e. The van der Waals surface area contributed by atoms with E-state index in [-0.39, 0.29) is 12.0 Å². The molecule has 3 unspecified atom stereocenters. The van der Waals surface area contributed by atoms with E-state index in [1.54, 1.807) is 0 Å². The van der Waals surface area contributed by atoms with E-state index in [0.717, 1.165) is 18.2 Å². The van der Waals surface area contributed by atoms with Crippen molar-refractivity contribution in [2.24, 2.45) is 0 Å². The van der Waals surface area contributed by atoms with Crippen LogP contribution in [-0.4, -0.2) is 47.6 Å². The zero-order valence-corrected chi connectivity index (χ0v) is 11.0. The zero-order chi connectivity index (χ0) is 11.5. The highest BCUT2D eigenvalue weighted by atomic mass is 32.2. The molecule has 3 atom stereocenters. The number of hydrogen-bond donors (Lipinski definition) is 0. The van der Waals surface area contributed by atoms with Crippen LogP contribution in [0.1, 0.15) is 32.6 Å². The van der Waals surface area contributed by atoms with Crippen molar-refractivity contribution in [3.05, 3.63) is 0 Å². The molecule has 3 nitrogen and oxygen atoms in total. The summed E-state index contributed by atoms with van der Waals surface area (Å²) in [7, 11) is 1.49. The van der Waals surface area contributed by atoms with Crippen LogP contribution in [0.2, 0.25) is 0 Å². The second kappa shape index (κ2) is 5.41. The van der Waals surface area contributed by atoms with Gasteiger partial charge in [-0.1, -0.05) is 6.92 Å². The number of ether oxygens (including phenoxy) is 1. The van der Waals surface area contributed by atoms with Gasteiger partial charge in [-0.25, -0.2) is 0 Å². The second-order valence-electron chi connectivity index (χ2n) is 4.61. The summed E-state index contributed by atoms with van der Waals surface area (Å²) in [6.07, 6.45) is 4.81. The standard InChI is InChI=1S/C12H21NO2S/c1-3-16-10-5-4-9(8-10)13-7-6-11(13)12(14)15-2/h9-11H,3-8H2,1-2H3. The molecule has 0 aromatic heterocycles. The van der Waals surface area contributed by atoms with Crippen LogP contribution in [0.4, 0.5) is 0 Å². The Hall–Kier alpha value is -0.220. The van der Waals surface area contributed by atoms with Crippen LogP contribution in [0.5, 0.6) is 0 Å². The molecule has 2 rings (SSSR count). The highest BCUT2D eigenvalue weighted by molar-refractivity contribution is 7.99. The number of carbonyl (C=O) groups excluding carboxylic acids is 1. The van der Waals surface area contributed by atoms with Crippen molar-refractivity contribution >= 4 is 17.7 Å². The highest BCUT2D eigenvalue weighted by Crippen LogP contribution is 2.36. The molecular formula is C12H21NO2S. The lowest BCUT2D eigenvalue weighted by molar-refractivity contribution is -0.153. The van der Waals surface area contributed by atoms with Crippen molar-refractivity contribution in [3.63, 3.8) is 0 Å². The number of hydrogen-bond acceptors (Lipinski definition) is 4. The summed E-state index contributed by atoms with van der Waals surface area (Å²) in [6.45, 7) is 3.30. The van der Waals surface area contributed by atoms with E-state index in [0.29, 0.717) is 6.04 Å². The van der Waals surface area contributed by atoms with Crippen LogP contribution >= 0.6 is 11.8 Å². The van der Waals surface area contributed by atoms with Crippen LogP contribution < -0.4 is 0 Å². The van der Waals surface area contributed by atoms with E-state index in [4.69, 9.17) is 4.74 Å². The zero-order valence-electron chi connectivity index (χ0n) is 10.1. The molecule has 1 saturated heterocycles. The van der Waals surface area contributed by atoms with Crippen molar-refractivity contribution < 1.29 is 9.53 Å². The van der Waals surface area contributed by atoms with Crippen LogP contribution in [0.25, 0.3) is 0 Å². The molecule has 1 saturated carbocycles. The van der Waals surface area contributed by atoms with Crippen molar-refractivity contribution in [2.75, 3.05) is 19.4 Å². The Labute approximate surface area is 102 Å². The first-order valence-corrected chi connectivity index (χ1v) is 7.26. The van der Waals surface area contributed by atoms with Gasteiger partial charge in [0.25, 0.3) is 0 Å². The van der Waals surface area contributed by atoms with E-state index in [1.165, 1.54) is 32.1 Å². The van der Waals surface area contributed by atoms with Crippen molar-refractivity contribution in [3.8, 4) is 0 Å². The molecular weight excluding hydrogens is 222 g/mol. The number of thioether (sulfide) groups is 1. The monoisotopic (exact) mass is 243 g/mol. The van der Waals surface area contributed by atoms with E-state index in [2.05, 4.69) is 23.6 Å². The molecule has 0 spiro atoms. The molecule has 16 heavy (non-hydrogen) atoms. The van der Waals surface area contributed by atoms with Crippen LogP contribution in [0.3, 0.4) is 0 Å². The molecule has 0 aromatic carbocycles. The summed E-state index contributed by atoms with van der Waals surface area (Å²) in [5.41, 5.74) is 0. The fourth-order valence-electron chi connectivity index (χ4n) is 2.84. The number of likely N-dealkylation sites (tertiary alicyclic amines) is 1. The summed E-state index contributed by atoms with van der Waals surface area (Å²) in [6, 6.07) is 0.683. The summed E-state index contributed by atoms with van der Waals surface area (Å²) in [5, 5.41) is 0.814. The van der Waals surface area contributed by atoms with Gasteiger partial charge in [0.2, 0.25) is 0 Å². The van der Waals surface area contributed by atoms with Gasteiger partial charge in [0.1, 0.15) is 6.04 Å². The van der Waals surface area contributed by atoms with Gasteiger partial charge in [-0.15, -0.1) is 0 Å². The van der Waals surface area contributed by atoms with Gasteiger partial charge >= 0.3 is 5.97 Å². The summed E-state index contributed by atoms with van der Waals surface area (Å²) in [4.78, 5) is 13.8. The first-order valence-electron chi connectivity index (χ1n) is 6.21. The van der Waals surface area contributed by atoms with Gasteiger partial charge in [-0.05, 0) is 31.4 Å². The number of nitrogens with zero attached hydrogens (tertiary/aromatic N) is 1. The van der Waals surface area contributed by atoms with Gasteiger partial charge in [0, 0.05) is 17.8 Å². The van der Waals surface area contributed by atoms with E-state index in [1.807, 2.05) is 0 Å². The average Bonchev–Trinajstić information content (AvgIpc) is 2.65. The Bertz CT molecular complexity index is 259. The van der Waals surface area contributed by atoms with Gasteiger partial charge in [-0.2, -0.15) is 11.8 Å². The predicted molar refractivity (Wildman–Crippen MR) is 66.7 cm³/mol. The first-order chi connectivity index (χ1) is 7.76. The van der Waals surface area contributed by atoms with Crippen LogP contribution in [-0.2, 0) is 9.53 Å². The maximum atomic E-state index is 11.5. The topological polar surface area (TPSA) is 29.5 Å². The average molecular weight is 243 g/mol. The van der Waals surface area contributed by atoms with Gasteiger partial charge in [0.05, 0.1) is 7.11 Å². The van der Waals surface area contributed by atoms with Crippen molar-refractivity contribution in [1.82, 2.24) is 4.90 Å².